The van der Waals surface area contributed by atoms with Crippen molar-refractivity contribution >= 4 is 0 Å². The zero-order chi connectivity index (χ0) is 18.0. The number of ether oxygens (including phenoxy) is 2. The van der Waals surface area contributed by atoms with Crippen LogP contribution in [0.5, 0.6) is 5.75 Å². The van der Waals surface area contributed by atoms with Crippen LogP contribution >= 0.6 is 0 Å². The molecule has 4 nitrogen and oxygen atoms in total. The van der Waals surface area contributed by atoms with Crippen LogP contribution in [0.4, 0.5) is 0 Å². The predicted octanol–water partition coefficient (Wildman–Crippen LogP) is 4.06. The van der Waals surface area contributed by atoms with Crippen molar-refractivity contribution in [1.29, 1.82) is 0 Å². The second-order valence-corrected chi connectivity index (χ2v) is 7.20. The maximum atomic E-state index is 10.7. The lowest BCUT2D eigenvalue weighted by atomic mass is 10.0. The van der Waals surface area contributed by atoms with Gasteiger partial charge in [-0.15, -0.1) is 0 Å². The van der Waals surface area contributed by atoms with Gasteiger partial charge < -0.3 is 14.6 Å². The van der Waals surface area contributed by atoms with Crippen molar-refractivity contribution in [3.63, 3.8) is 0 Å². The van der Waals surface area contributed by atoms with Crippen LogP contribution in [0.2, 0.25) is 0 Å². The lowest BCUT2D eigenvalue weighted by Gasteiger charge is -2.33. The lowest BCUT2D eigenvalue weighted by Crippen LogP contribution is -2.35. The van der Waals surface area contributed by atoms with Gasteiger partial charge in [0.05, 0.1) is 12.7 Å². The Morgan fingerprint density at radius 1 is 1.12 bits per heavy atom. The van der Waals surface area contributed by atoms with Crippen molar-refractivity contribution in [2.75, 3.05) is 13.6 Å². The number of hydrogen-bond acceptors (Lipinski definition) is 4. The number of aliphatic hydroxyl groups excluding tert-OH is 1. The second-order valence-electron chi connectivity index (χ2n) is 7.20. The first-order chi connectivity index (χ1) is 11.9. The normalized spacial score (nSPS) is 18.3. The van der Waals surface area contributed by atoms with Crippen molar-refractivity contribution in [3.05, 3.63) is 65.2 Å². The van der Waals surface area contributed by atoms with Gasteiger partial charge in [-0.3, -0.25) is 4.90 Å². The Morgan fingerprint density at radius 2 is 1.84 bits per heavy atom. The molecule has 3 rings (SSSR count). The van der Waals surface area contributed by atoms with Crippen LogP contribution in [-0.4, -0.2) is 29.4 Å². The summed E-state index contributed by atoms with van der Waals surface area (Å²) in [5, 5.41) is 10.7. The number of hydrogen-bond donors (Lipinski definition) is 1. The molecule has 1 aliphatic heterocycles. The molecule has 2 unspecified atom stereocenters. The van der Waals surface area contributed by atoms with Gasteiger partial charge >= 0.3 is 0 Å². The topological polar surface area (TPSA) is 41.9 Å². The van der Waals surface area contributed by atoms with Crippen molar-refractivity contribution in [1.82, 2.24) is 4.90 Å². The standard InChI is InChI=1S/C21H27NO3/c1-15(16-8-6-5-7-9-16)22(4)13-19(23)17-10-11-20-18(12-17)14-24-21(2,3)25-20/h5-12,15,19,23H,13-14H2,1-4H3. The number of aliphatic hydroxyl groups is 1. The van der Waals surface area contributed by atoms with Crippen LogP contribution in [0.3, 0.4) is 0 Å². The third-order valence-corrected chi connectivity index (χ3v) is 4.80. The molecule has 0 aromatic heterocycles. The van der Waals surface area contributed by atoms with E-state index in [1.54, 1.807) is 0 Å². The second kappa shape index (κ2) is 7.16. The minimum Gasteiger partial charge on any atom is -0.463 e. The zero-order valence-corrected chi connectivity index (χ0v) is 15.4. The van der Waals surface area contributed by atoms with Crippen LogP contribution in [0.1, 0.15) is 49.6 Å². The summed E-state index contributed by atoms with van der Waals surface area (Å²) in [4.78, 5) is 2.16. The van der Waals surface area contributed by atoms with Gasteiger partial charge in [-0.25, -0.2) is 0 Å². The van der Waals surface area contributed by atoms with E-state index in [2.05, 4.69) is 24.0 Å². The summed E-state index contributed by atoms with van der Waals surface area (Å²) in [5.41, 5.74) is 3.11. The molecule has 0 aliphatic carbocycles. The van der Waals surface area contributed by atoms with E-state index >= 15 is 0 Å². The molecule has 1 heterocycles. The largest absolute Gasteiger partial charge is 0.463 e. The van der Waals surface area contributed by atoms with Crippen molar-refractivity contribution in [2.24, 2.45) is 0 Å². The van der Waals surface area contributed by atoms with E-state index < -0.39 is 11.9 Å². The number of nitrogens with zero attached hydrogens (tertiary/aromatic N) is 1. The molecule has 0 fully saturated rings. The molecule has 134 valence electrons. The molecular formula is C21H27NO3. The Hall–Kier alpha value is -1.88. The molecule has 1 aliphatic rings. The molecule has 2 aromatic rings. The first-order valence-corrected chi connectivity index (χ1v) is 8.75. The lowest BCUT2D eigenvalue weighted by molar-refractivity contribution is -0.180. The van der Waals surface area contributed by atoms with Crippen LogP contribution in [0.25, 0.3) is 0 Å². The first-order valence-electron chi connectivity index (χ1n) is 8.75. The van der Waals surface area contributed by atoms with Crippen LogP contribution < -0.4 is 4.74 Å². The summed E-state index contributed by atoms with van der Waals surface area (Å²) >= 11 is 0. The molecule has 0 saturated carbocycles. The minimum absolute atomic E-state index is 0.237. The van der Waals surface area contributed by atoms with Crippen LogP contribution in [0, 0.1) is 0 Å². The molecule has 0 saturated heterocycles. The minimum atomic E-state index is -0.599. The zero-order valence-electron chi connectivity index (χ0n) is 15.4. The molecular weight excluding hydrogens is 314 g/mol. The van der Waals surface area contributed by atoms with Gasteiger partial charge in [-0.2, -0.15) is 0 Å². The summed E-state index contributed by atoms with van der Waals surface area (Å²) < 4.78 is 11.5. The van der Waals surface area contributed by atoms with E-state index in [1.165, 1.54) is 5.56 Å². The van der Waals surface area contributed by atoms with Crippen LogP contribution in [-0.2, 0) is 11.3 Å². The summed E-state index contributed by atoms with van der Waals surface area (Å²) in [6, 6.07) is 16.4. The van der Waals surface area contributed by atoms with E-state index in [0.29, 0.717) is 13.2 Å². The third-order valence-electron chi connectivity index (χ3n) is 4.80. The average molecular weight is 341 g/mol. The van der Waals surface area contributed by atoms with Crippen molar-refractivity contribution in [2.45, 2.75) is 45.3 Å². The Morgan fingerprint density at radius 3 is 2.56 bits per heavy atom. The van der Waals surface area contributed by atoms with Gasteiger partial charge in [0.2, 0.25) is 5.79 Å². The smallest absolute Gasteiger partial charge is 0.205 e. The van der Waals surface area contributed by atoms with E-state index in [9.17, 15) is 5.11 Å². The molecule has 0 spiro atoms. The monoisotopic (exact) mass is 341 g/mol. The maximum Gasteiger partial charge on any atom is 0.205 e. The number of likely N-dealkylation sites (N-methyl/N-ethyl adjacent to an activating group) is 1. The van der Waals surface area contributed by atoms with E-state index in [0.717, 1.165) is 16.9 Å². The fourth-order valence-electron chi connectivity index (χ4n) is 3.09. The fourth-order valence-corrected chi connectivity index (χ4v) is 3.09. The fraction of sp³-hybridized carbons (Fsp3) is 0.429. The third kappa shape index (κ3) is 4.21. The molecule has 25 heavy (non-hydrogen) atoms. The Kier molecular flexibility index (Phi) is 5.13. The molecule has 0 bridgehead atoms. The summed E-state index contributed by atoms with van der Waals surface area (Å²) in [7, 11) is 2.04. The average Bonchev–Trinajstić information content (AvgIpc) is 2.60. The highest BCUT2D eigenvalue weighted by Gasteiger charge is 2.28. The molecule has 0 amide bonds. The summed E-state index contributed by atoms with van der Waals surface area (Å²) in [6.07, 6.45) is -0.559. The Labute approximate surface area is 150 Å². The summed E-state index contributed by atoms with van der Waals surface area (Å²) in [6.45, 7) is 7.01. The quantitative estimate of drug-likeness (QED) is 0.890. The molecule has 1 N–H and O–H groups in total. The maximum absolute atomic E-state index is 10.7. The highest BCUT2D eigenvalue weighted by Crippen LogP contribution is 2.33. The van der Waals surface area contributed by atoms with Gasteiger partial charge in [0, 0.05) is 32.0 Å². The van der Waals surface area contributed by atoms with Gasteiger partial charge in [0.15, 0.2) is 0 Å². The molecule has 2 aromatic carbocycles. The molecule has 0 radical (unpaired) electrons. The van der Waals surface area contributed by atoms with Gasteiger partial charge in [-0.05, 0) is 37.2 Å². The number of rotatable bonds is 5. The Balaban J connectivity index is 1.68. The molecule has 4 heteroatoms. The van der Waals surface area contributed by atoms with Crippen molar-refractivity contribution < 1.29 is 14.6 Å². The van der Waals surface area contributed by atoms with Crippen molar-refractivity contribution in [3.8, 4) is 5.75 Å². The SMILES string of the molecule is CC(c1ccccc1)N(C)CC(O)c1ccc2c(c1)COC(C)(C)O2. The first kappa shape index (κ1) is 17.9. The predicted molar refractivity (Wildman–Crippen MR) is 98.4 cm³/mol. The number of fused-ring (bicyclic) bond motifs is 1. The van der Waals surface area contributed by atoms with Gasteiger partial charge in [-0.1, -0.05) is 36.4 Å². The van der Waals surface area contributed by atoms with Gasteiger partial charge in [0.25, 0.3) is 0 Å². The van der Waals surface area contributed by atoms with Gasteiger partial charge in [0.1, 0.15) is 5.75 Å². The highest BCUT2D eigenvalue weighted by molar-refractivity contribution is 5.39. The van der Waals surface area contributed by atoms with E-state index in [-0.39, 0.29) is 6.04 Å². The highest BCUT2D eigenvalue weighted by atomic mass is 16.7. The number of benzene rings is 2. The summed E-state index contributed by atoms with van der Waals surface area (Å²) in [5.74, 6) is 0.233. The Bertz CT molecular complexity index is 714. The van der Waals surface area contributed by atoms with E-state index in [4.69, 9.17) is 9.47 Å². The van der Waals surface area contributed by atoms with E-state index in [1.807, 2.05) is 57.3 Å². The van der Waals surface area contributed by atoms with Crippen LogP contribution in [0.15, 0.2) is 48.5 Å². The molecule has 2 atom stereocenters.